The van der Waals surface area contributed by atoms with Gasteiger partial charge in [0.25, 0.3) is 0 Å². The van der Waals surface area contributed by atoms with E-state index in [-0.39, 0.29) is 29.9 Å². The van der Waals surface area contributed by atoms with Crippen molar-refractivity contribution in [1.29, 1.82) is 0 Å². The summed E-state index contributed by atoms with van der Waals surface area (Å²) in [5, 5.41) is 4.21. The molecule has 0 aromatic heterocycles. The molecule has 0 saturated carbocycles. The van der Waals surface area contributed by atoms with Crippen molar-refractivity contribution in [3.63, 3.8) is 0 Å². The summed E-state index contributed by atoms with van der Waals surface area (Å²) in [4.78, 5) is 26.1. The summed E-state index contributed by atoms with van der Waals surface area (Å²) in [7, 11) is 6.19. The minimum absolute atomic E-state index is 0. The highest BCUT2D eigenvalue weighted by molar-refractivity contribution is 14.0. The molecule has 2 aliphatic heterocycles. The van der Waals surface area contributed by atoms with Crippen LogP contribution < -0.4 is 5.32 Å². The smallest absolute Gasteiger partial charge is 0.227 e. The van der Waals surface area contributed by atoms with E-state index in [0.29, 0.717) is 30.6 Å². The number of carbonyl (C=O) groups excluding carboxylic acids is 1. The van der Waals surface area contributed by atoms with Gasteiger partial charge < -0.3 is 20.0 Å². The molecule has 30 heavy (non-hydrogen) atoms. The van der Waals surface area contributed by atoms with Gasteiger partial charge in [0.05, 0.1) is 6.42 Å². The molecule has 2 fully saturated rings. The highest BCUT2D eigenvalue weighted by Gasteiger charge is 2.25. The number of aliphatic imine (C=N–C) groups is 1. The van der Waals surface area contributed by atoms with E-state index >= 15 is 0 Å². The molecule has 1 aromatic carbocycles. The predicted octanol–water partition coefficient (Wildman–Crippen LogP) is 1.47. The maximum atomic E-state index is 12.6. The molecule has 168 valence electrons. The van der Waals surface area contributed by atoms with Gasteiger partial charge in [-0.05, 0) is 31.8 Å². The zero-order chi connectivity index (χ0) is 20.8. The lowest BCUT2D eigenvalue weighted by Crippen LogP contribution is -2.58. The second kappa shape index (κ2) is 12.1. The second-order valence-corrected chi connectivity index (χ2v) is 8.44. The Labute approximate surface area is 202 Å². The fourth-order valence-electron chi connectivity index (χ4n) is 3.96. The molecule has 1 N–H and O–H groups in total. The van der Waals surface area contributed by atoms with Gasteiger partial charge in [-0.3, -0.25) is 14.7 Å². The average molecular weight is 549 g/mol. The zero-order valence-corrected chi connectivity index (χ0v) is 21.3. The lowest BCUT2D eigenvalue weighted by atomic mass is 10.1. The van der Waals surface area contributed by atoms with Crippen LogP contribution in [0.15, 0.2) is 29.3 Å². The van der Waals surface area contributed by atoms with Crippen LogP contribution in [0.2, 0.25) is 5.02 Å². The summed E-state index contributed by atoms with van der Waals surface area (Å²) in [5.74, 6) is 1.08. The van der Waals surface area contributed by atoms with E-state index in [1.165, 1.54) is 0 Å². The number of amides is 1. The van der Waals surface area contributed by atoms with E-state index in [1.807, 2.05) is 36.2 Å². The normalized spacial score (nSPS) is 21.3. The Morgan fingerprint density at radius 2 is 1.83 bits per heavy atom. The van der Waals surface area contributed by atoms with E-state index in [9.17, 15) is 4.79 Å². The number of nitrogens with one attached hydrogen (secondary N) is 1. The third kappa shape index (κ3) is 6.96. The molecule has 1 atom stereocenters. The number of carbonyl (C=O) groups is 1. The Morgan fingerprint density at radius 3 is 2.50 bits per heavy atom. The number of nitrogens with zero attached hydrogens (tertiary/aromatic N) is 5. The standard InChI is InChI=1S/C21H33ClN6O.HI/c1-23-21(24-15-19-16-25(2)7-8-26(19)3)28-11-9-27(10-12-28)20(29)14-17-5-4-6-18(22)13-17;/h4-6,13,19H,7-12,14-16H2,1-3H3,(H,23,24);1H. The van der Waals surface area contributed by atoms with Gasteiger partial charge in [0.2, 0.25) is 5.91 Å². The van der Waals surface area contributed by atoms with Crippen LogP contribution in [0, 0.1) is 0 Å². The molecular weight excluding hydrogens is 515 g/mol. The van der Waals surface area contributed by atoms with Gasteiger partial charge >= 0.3 is 0 Å². The van der Waals surface area contributed by atoms with Gasteiger partial charge in [-0.1, -0.05) is 23.7 Å². The van der Waals surface area contributed by atoms with Crippen LogP contribution >= 0.6 is 35.6 Å². The first-order chi connectivity index (χ1) is 14.0. The van der Waals surface area contributed by atoms with Gasteiger partial charge in [0.15, 0.2) is 5.96 Å². The minimum Gasteiger partial charge on any atom is -0.355 e. The number of hydrogen-bond acceptors (Lipinski definition) is 4. The van der Waals surface area contributed by atoms with Crippen molar-refractivity contribution >= 4 is 47.4 Å². The molecule has 0 spiro atoms. The SMILES string of the molecule is CN=C(NCC1CN(C)CCN1C)N1CCN(C(=O)Cc2cccc(Cl)c2)CC1.I. The van der Waals surface area contributed by atoms with Crippen molar-refractivity contribution < 1.29 is 4.79 Å². The number of rotatable bonds is 4. The fourth-order valence-corrected chi connectivity index (χ4v) is 4.18. The quantitative estimate of drug-likeness (QED) is 0.351. The van der Waals surface area contributed by atoms with Gasteiger partial charge in [0, 0.05) is 70.5 Å². The van der Waals surface area contributed by atoms with E-state index in [1.54, 1.807) is 0 Å². The van der Waals surface area contributed by atoms with Crippen LogP contribution in [-0.4, -0.2) is 111 Å². The Bertz CT molecular complexity index is 725. The highest BCUT2D eigenvalue weighted by atomic mass is 127. The molecule has 1 unspecified atom stereocenters. The monoisotopic (exact) mass is 548 g/mol. The van der Waals surface area contributed by atoms with Crippen LogP contribution in [0.1, 0.15) is 5.56 Å². The Morgan fingerprint density at radius 1 is 1.13 bits per heavy atom. The van der Waals surface area contributed by atoms with Crippen molar-refractivity contribution in [2.45, 2.75) is 12.5 Å². The van der Waals surface area contributed by atoms with Crippen LogP contribution in [0.3, 0.4) is 0 Å². The van der Waals surface area contributed by atoms with Crippen LogP contribution in [0.5, 0.6) is 0 Å². The van der Waals surface area contributed by atoms with Crippen molar-refractivity contribution in [2.75, 3.05) is 73.5 Å². The zero-order valence-electron chi connectivity index (χ0n) is 18.2. The Kier molecular flexibility index (Phi) is 10.1. The Balaban J connectivity index is 0.00000320. The molecule has 3 rings (SSSR count). The molecule has 7 nitrogen and oxygen atoms in total. The summed E-state index contributed by atoms with van der Waals surface area (Å²) >= 11 is 6.03. The molecule has 1 aromatic rings. The molecule has 9 heteroatoms. The molecule has 1 amide bonds. The van der Waals surface area contributed by atoms with E-state index < -0.39 is 0 Å². The number of piperazine rings is 2. The molecule has 0 aliphatic carbocycles. The van der Waals surface area contributed by atoms with Crippen molar-refractivity contribution in [2.24, 2.45) is 4.99 Å². The predicted molar refractivity (Wildman–Crippen MR) is 134 cm³/mol. The molecule has 2 saturated heterocycles. The van der Waals surface area contributed by atoms with Crippen molar-refractivity contribution in [3.8, 4) is 0 Å². The van der Waals surface area contributed by atoms with Crippen LogP contribution in [0.4, 0.5) is 0 Å². The number of hydrogen-bond donors (Lipinski definition) is 1. The first-order valence-electron chi connectivity index (χ1n) is 10.3. The summed E-state index contributed by atoms with van der Waals surface area (Å²) < 4.78 is 0. The van der Waals surface area contributed by atoms with E-state index in [4.69, 9.17) is 11.6 Å². The first kappa shape index (κ1) is 25.2. The average Bonchev–Trinajstić information content (AvgIpc) is 2.71. The van der Waals surface area contributed by atoms with E-state index in [2.05, 4.69) is 39.1 Å². The molecule has 2 aliphatic rings. The van der Waals surface area contributed by atoms with Gasteiger partial charge in [-0.2, -0.15) is 0 Å². The largest absolute Gasteiger partial charge is 0.355 e. The summed E-state index contributed by atoms with van der Waals surface area (Å²) in [6.45, 7) is 7.16. The minimum atomic E-state index is 0. The number of benzene rings is 1. The third-order valence-corrected chi connectivity index (χ3v) is 6.10. The maximum Gasteiger partial charge on any atom is 0.227 e. The van der Waals surface area contributed by atoms with Crippen molar-refractivity contribution in [1.82, 2.24) is 24.9 Å². The fraction of sp³-hybridized carbons (Fsp3) is 0.619. The third-order valence-electron chi connectivity index (χ3n) is 5.86. The second-order valence-electron chi connectivity index (χ2n) is 8.00. The molecule has 0 bridgehead atoms. The van der Waals surface area contributed by atoms with Crippen molar-refractivity contribution in [3.05, 3.63) is 34.9 Å². The number of guanidine groups is 1. The summed E-state index contributed by atoms with van der Waals surface area (Å²) in [6, 6.07) is 8.01. The topological polar surface area (TPSA) is 54.4 Å². The van der Waals surface area contributed by atoms with E-state index in [0.717, 1.165) is 50.8 Å². The van der Waals surface area contributed by atoms with Gasteiger partial charge in [-0.25, -0.2) is 0 Å². The summed E-state index contributed by atoms with van der Waals surface area (Å²) in [5.41, 5.74) is 0.962. The molecule has 0 radical (unpaired) electrons. The Hall–Kier alpha value is -1.10. The maximum absolute atomic E-state index is 12.6. The van der Waals surface area contributed by atoms with Gasteiger partial charge in [-0.15, -0.1) is 24.0 Å². The molecular formula is C21H34ClIN6O. The van der Waals surface area contributed by atoms with Crippen LogP contribution in [-0.2, 0) is 11.2 Å². The first-order valence-corrected chi connectivity index (χ1v) is 10.7. The van der Waals surface area contributed by atoms with Crippen LogP contribution in [0.25, 0.3) is 0 Å². The lowest BCUT2D eigenvalue weighted by molar-refractivity contribution is -0.131. The highest BCUT2D eigenvalue weighted by Crippen LogP contribution is 2.13. The number of halogens is 2. The lowest BCUT2D eigenvalue weighted by Gasteiger charge is -2.40. The van der Waals surface area contributed by atoms with Gasteiger partial charge in [0.1, 0.15) is 0 Å². The molecule has 2 heterocycles. The number of likely N-dealkylation sites (N-methyl/N-ethyl adjacent to an activating group) is 2. The summed E-state index contributed by atoms with van der Waals surface area (Å²) in [6.07, 6.45) is 0.398.